The van der Waals surface area contributed by atoms with Crippen molar-refractivity contribution in [3.63, 3.8) is 0 Å². The number of nitrogens with one attached hydrogen (secondary N) is 1. The SMILES string of the molecule is CN(C[C@@H]1N=NC2=C1CCC2)C(=O)c1cn(C[C@@H]2CCCNC2)nn1. The van der Waals surface area contributed by atoms with Crippen molar-refractivity contribution in [1.29, 1.82) is 0 Å². The first-order valence-corrected chi connectivity index (χ1v) is 9.20. The molecule has 0 unspecified atom stereocenters. The number of aromatic nitrogens is 3. The number of likely N-dealkylation sites (N-methyl/N-ethyl adjacent to an activating group) is 1. The Kier molecular flexibility index (Phi) is 4.61. The normalized spacial score (nSPS) is 25.5. The van der Waals surface area contributed by atoms with Crippen molar-refractivity contribution < 1.29 is 4.79 Å². The number of hydrogen-bond acceptors (Lipinski definition) is 6. The molecule has 0 spiro atoms. The molecule has 2 aliphatic heterocycles. The monoisotopic (exact) mass is 343 g/mol. The number of nitrogens with zero attached hydrogens (tertiary/aromatic N) is 6. The molecule has 0 aromatic carbocycles. The summed E-state index contributed by atoms with van der Waals surface area (Å²) < 4.78 is 1.80. The molecule has 1 aromatic heterocycles. The highest BCUT2D eigenvalue weighted by Gasteiger charge is 2.30. The van der Waals surface area contributed by atoms with E-state index in [0.717, 1.165) is 44.6 Å². The third kappa shape index (κ3) is 3.49. The number of piperidine rings is 1. The summed E-state index contributed by atoms with van der Waals surface area (Å²) in [4.78, 5) is 14.3. The van der Waals surface area contributed by atoms with E-state index in [9.17, 15) is 4.79 Å². The van der Waals surface area contributed by atoms with Crippen LogP contribution in [0.3, 0.4) is 0 Å². The van der Waals surface area contributed by atoms with E-state index in [-0.39, 0.29) is 11.9 Å². The van der Waals surface area contributed by atoms with Gasteiger partial charge < -0.3 is 10.2 Å². The molecule has 4 rings (SSSR count). The van der Waals surface area contributed by atoms with Gasteiger partial charge >= 0.3 is 0 Å². The van der Waals surface area contributed by atoms with Crippen molar-refractivity contribution in [2.75, 3.05) is 26.7 Å². The maximum atomic E-state index is 12.6. The van der Waals surface area contributed by atoms with Crippen LogP contribution < -0.4 is 5.32 Å². The van der Waals surface area contributed by atoms with Crippen LogP contribution in [0.15, 0.2) is 27.7 Å². The summed E-state index contributed by atoms with van der Waals surface area (Å²) >= 11 is 0. The van der Waals surface area contributed by atoms with Gasteiger partial charge in [0, 0.05) is 20.1 Å². The van der Waals surface area contributed by atoms with Crippen LogP contribution in [-0.2, 0) is 6.54 Å². The van der Waals surface area contributed by atoms with E-state index in [1.165, 1.54) is 18.4 Å². The molecule has 0 saturated carbocycles. The molecule has 1 fully saturated rings. The summed E-state index contributed by atoms with van der Waals surface area (Å²) in [6, 6.07) is 0.0230. The van der Waals surface area contributed by atoms with Gasteiger partial charge in [0.2, 0.25) is 0 Å². The van der Waals surface area contributed by atoms with Gasteiger partial charge in [0.1, 0.15) is 6.04 Å². The Morgan fingerprint density at radius 2 is 2.32 bits per heavy atom. The molecule has 8 nitrogen and oxygen atoms in total. The molecule has 1 N–H and O–H groups in total. The summed E-state index contributed by atoms with van der Waals surface area (Å²) in [6.45, 7) is 3.47. The molecule has 2 atom stereocenters. The van der Waals surface area contributed by atoms with Gasteiger partial charge in [-0.3, -0.25) is 9.48 Å². The molecule has 3 heterocycles. The van der Waals surface area contributed by atoms with E-state index >= 15 is 0 Å². The minimum Gasteiger partial charge on any atom is -0.338 e. The van der Waals surface area contributed by atoms with Gasteiger partial charge in [-0.25, -0.2) is 0 Å². The second-order valence-electron chi connectivity index (χ2n) is 7.28. The van der Waals surface area contributed by atoms with Gasteiger partial charge in [0.15, 0.2) is 5.69 Å². The number of hydrogen-bond donors (Lipinski definition) is 1. The molecule has 1 saturated heterocycles. The van der Waals surface area contributed by atoms with E-state index < -0.39 is 0 Å². The van der Waals surface area contributed by atoms with Crippen LogP contribution in [0.25, 0.3) is 0 Å². The number of carbonyl (C=O) groups excluding carboxylic acids is 1. The molecule has 0 radical (unpaired) electrons. The van der Waals surface area contributed by atoms with E-state index in [4.69, 9.17) is 0 Å². The zero-order chi connectivity index (χ0) is 17.2. The molecule has 0 bridgehead atoms. The second-order valence-corrected chi connectivity index (χ2v) is 7.28. The fraction of sp³-hybridized carbons (Fsp3) is 0.706. The van der Waals surface area contributed by atoms with Gasteiger partial charge in [-0.2, -0.15) is 10.2 Å². The molecule has 134 valence electrons. The van der Waals surface area contributed by atoms with Crippen LogP contribution >= 0.6 is 0 Å². The van der Waals surface area contributed by atoms with E-state index in [1.54, 1.807) is 22.8 Å². The van der Waals surface area contributed by atoms with Crippen molar-refractivity contribution >= 4 is 5.91 Å². The molecule has 1 amide bonds. The predicted molar refractivity (Wildman–Crippen MR) is 92.1 cm³/mol. The predicted octanol–water partition coefficient (Wildman–Crippen LogP) is 1.62. The number of allylic oxidation sites excluding steroid dienone is 1. The Bertz CT molecular complexity index is 702. The average molecular weight is 343 g/mol. The Hall–Kier alpha value is -2.09. The Morgan fingerprint density at radius 3 is 3.16 bits per heavy atom. The average Bonchev–Trinajstić information content (AvgIpc) is 3.34. The third-order valence-corrected chi connectivity index (χ3v) is 5.35. The highest BCUT2D eigenvalue weighted by atomic mass is 16.2. The summed E-state index contributed by atoms with van der Waals surface area (Å²) in [6.07, 6.45) is 7.39. The molecule has 8 heteroatoms. The lowest BCUT2D eigenvalue weighted by atomic mass is 10.00. The molecule has 1 aliphatic carbocycles. The fourth-order valence-corrected chi connectivity index (χ4v) is 3.95. The lowest BCUT2D eigenvalue weighted by molar-refractivity contribution is 0.0785. The molecule has 3 aliphatic rings. The zero-order valence-electron chi connectivity index (χ0n) is 14.7. The van der Waals surface area contributed by atoms with Crippen LogP contribution in [0, 0.1) is 5.92 Å². The topological polar surface area (TPSA) is 87.8 Å². The number of azo groups is 1. The van der Waals surface area contributed by atoms with Crippen molar-refractivity contribution in [2.45, 2.75) is 44.7 Å². The van der Waals surface area contributed by atoms with Crippen LogP contribution in [-0.4, -0.2) is 58.5 Å². The third-order valence-electron chi connectivity index (χ3n) is 5.35. The standard InChI is InChI=1S/C17H25N7O/c1-23(10-15-13-5-2-6-14(13)19-20-15)17(25)16-11-24(22-21-16)9-12-4-3-7-18-8-12/h11-12,15,18H,2-10H2,1H3/t12-,15+/m1/s1. The number of rotatable bonds is 5. The van der Waals surface area contributed by atoms with Crippen LogP contribution in [0.5, 0.6) is 0 Å². The first-order valence-electron chi connectivity index (χ1n) is 9.20. The van der Waals surface area contributed by atoms with Crippen LogP contribution in [0.1, 0.15) is 42.6 Å². The summed E-state index contributed by atoms with van der Waals surface area (Å²) in [5.74, 6) is 0.457. The lowest BCUT2D eigenvalue weighted by Gasteiger charge is -2.22. The van der Waals surface area contributed by atoms with Crippen molar-refractivity contribution in [1.82, 2.24) is 25.2 Å². The Morgan fingerprint density at radius 1 is 1.40 bits per heavy atom. The minimum absolute atomic E-state index is 0.0230. The van der Waals surface area contributed by atoms with Gasteiger partial charge in [0.05, 0.1) is 11.9 Å². The second kappa shape index (κ2) is 7.03. The highest BCUT2D eigenvalue weighted by molar-refractivity contribution is 5.91. The number of carbonyl (C=O) groups is 1. The zero-order valence-corrected chi connectivity index (χ0v) is 14.7. The fourth-order valence-electron chi connectivity index (χ4n) is 3.95. The highest BCUT2D eigenvalue weighted by Crippen LogP contribution is 2.35. The molecule has 1 aromatic rings. The van der Waals surface area contributed by atoms with Gasteiger partial charge in [-0.15, -0.1) is 5.10 Å². The van der Waals surface area contributed by atoms with Gasteiger partial charge in [-0.05, 0) is 56.7 Å². The molecular weight excluding hydrogens is 318 g/mol. The maximum absolute atomic E-state index is 12.6. The quantitative estimate of drug-likeness (QED) is 0.880. The van der Waals surface area contributed by atoms with Gasteiger partial charge in [-0.1, -0.05) is 5.21 Å². The van der Waals surface area contributed by atoms with Crippen molar-refractivity contribution in [2.24, 2.45) is 16.1 Å². The van der Waals surface area contributed by atoms with E-state index in [2.05, 4.69) is 25.9 Å². The van der Waals surface area contributed by atoms with Crippen LogP contribution in [0.4, 0.5) is 0 Å². The molecule has 25 heavy (non-hydrogen) atoms. The first kappa shape index (κ1) is 16.4. The maximum Gasteiger partial charge on any atom is 0.275 e. The lowest BCUT2D eigenvalue weighted by Crippen LogP contribution is -2.34. The summed E-state index contributed by atoms with van der Waals surface area (Å²) in [5, 5.41) is 20.2. The summed E-state index contributed by atoms with van der Waals surface area (Å²) in [7, 11) is 1.80. The van der Waals surface area contributed by atoms with Crippen molar-refractivity contribution in [3.05, 3.63) is 23.2 Å². The van der Waals surface area contributed by atoms with E-state index in [1.807, 2.05) is 0 Å². The largest absolute Gasteiger partial charge is 0.338 e. The van der Waals surface area contributed by atoms with E-state index in [0.29, 0.717) is 18.2 Å². The smallest absolute Gasteiger partial charge is 0.275 e. The molecular formula is C17H25N7O. The minimum atomic E-state index is -0.102. The Labute approximate surface area is 147 Å². The van der Waals surface area contributed by atoms with Gasteiger partial charge in [0.25, 0.3) is 5.91 Å². The van der Waals surface area contributed by atoms with Crippen molar-refractivity contribution in [3.8, 4) is 0 Å². The Balaban J connectivity index is 1.35. The van der Waals surface area contributed by atoms with Crippen LogP contribution in [0.2, 0.25) is 0 Å². The summed E-state index contributed by atoms with van der Waals surface area (Å²) in [5.41, 5.74) is 2.85. The number of amides is 1. The first-order chi connectivity index (χ1) is 12.2.